The van der Waals surface area contributed by atoms with Crippen molar-refractivity contribution in [2.45, 2.75) is 20.8 Å². The minimum atomic E-state index is -0.481. The number of halogens is 1. The Hall–Kier alpha value is -1.33. The van der Waals surface area contributed by atoms with Crippen molar-refractivity contribution in [3.8, 4) is 0 Å². The number of ether oxygens (including phenoxy) is 1. The predicted octanol–water partition coefficient (Wildman–Crippen LogP) is 1.53. The van der Waals surface area contributed by atoms with E-state index >= 15 is 0 Å². The zero-order valence-corrected chi connectivity index (χ0v) is 12.8. The van der Waals surface area contributed by atoms with E-state index in [-0.39, 0.29) is 18.4 Å². The van der Waals surface area contributed by atoms with Gasteiger partial charge in [-0.1, -0.05) is 27.0 Å². The van der Waals surface area contributed by atoms with Gasteiger partial charge < -0.3 is 15.4 Å². The number of hydrogen-bond acceptors (Lipinski definition) is 4. The molecule has 0 fully saturated rings. The normalized spacial score (nSPS) is 8.63. The van der Waals surface area contributed by atoms with E-state index in [1.807, 2.05) is 0 Å². The maximum atomic E-state index is 11.0. The second-order valence-corrected chi connectivity index (χ2v) is 3.55. The summed E-state index contributed by atoms with van der Waals surface area (Å²) in [4.78, 5) is 22.6. The Labute approximate surface area is 121 Å². The van der Waals surface area contributed by atoms with Gasteiger partial charge in [0.2, 0.25) is 5.91 Å². The van der Waals surface area contributed by atoms with E-state index in [4.69, 9.17) is 4.74 Å². The van der Waals surface area contributed by atoms with Crippen LogP contribution in [-0.4, -0.2) is 43.0 Å². The van der Waals surface area contributed by atoms with E-state index in [0.717, 1.165) is 25.7 Å². The molecule has 0 aromatic rings. The monoisotopic (exact) mass is 292 g/mol. The number of carbonyl (C=O) groups excluding carboxylic acids is 2. The molecule has 0 aromatic carbocycles. The lowest BCUT2D eigenvalue weighted by molar-refractivity contribution is -0.139. The highest BCUT2D eigenvalue weighted by molar-refractivity contribution is 5.86. The standard InChI is InChI=1S/C10H19NO2.C3H5NO.ClH/c1-5-11(6-2)7-8-13-10(12)9(3)4;1-2-3(4)5;/h3,5-8H2,1-2,4H3;2H,1H2,(H2,4,5);1H. The first-order valence-corrected chi connectivity index (χ1v) is 5.85. The minimum Gasteiger partial charge on any atom is -0.461 e. The molecular weight excluding hydrogens is 268 g/mol. The summed E-state index contributed by atoms with van der Waals surface area (Å²) in [7, 11) is 0. The van der Waals surface area contributed by atoms with Gasteiger partial charge in [0.1, 0.15) is 6.61 Å². The van der Waals surface area contributed by atoms with Crippen LogP contribution in [0.15, 0.2) is 24.8 Å². The van der Waals surface area contributed by atoms with Gasteiger partial charge in [-0.15, -0.1) is 12.4 Å². The molecule has 6 heteroatoms. The van der Waals surface area contributed by atoms with E-state index in [2.05, 4.69) is 37.6 Å². The number of nitrogens with two attached hydrogens (primary N) is 1. The van der Waals surface area contributed by atoms with E-state index in [9.17, 15) is 9.59 Å². The topological polar surface area (TPSA) is 72.6 Å². The molecule has 19 heavy (non-hydrogen) atoms. The fourth-order valence-electron chi connectivity index (χ4n) is 0.930. The SMILES string of the molecule is C=C(C)C(=O)OCCN(CC)CC.C=CC(N)=O.Cl. The average molecular weight is 293 g/mol. The molecule has 112 valence electrons. The molecule has 0 spiro atoms. The maximum absolute atomic E-state index is 11.0. The van der Waals surface area contributed by atoms with Crippen molar-refractivity contribution in [1.29, 1.82) is 0 Å². The van der Waals surface area contributed by atoms with E-state index in [1.165, 1.54) is 0 Å². The quantitative estimate of drug-likeness (QED) is 0.570. The van der Waals surface area contributed by atoms with Crippen LogP contribution in [0.3, 0.4) is 0 Å². The van der Waals surface area contributed by atoms with Crippen molar-refractivity contribution in [2.75, 3.05) is 26.2 Å². The Morgan fingerprint density at radius 3 is 2.00 bits per heavy atom. The second kappa shape index (κ2) is 14.7. The molecule has 0 bridgehead atoms. The van der Waals surface area contributed by atoms with Crippen LogP contribution in [0.2, 0.25) is 0 Å². The molecule has 0 heterocycles. The Balaban J connectivity index is -0.000000366. The number of likely N-dealkylation sites (N-methyl/N-ethyl adjacent to an activating group) is 1. The summed E-state index contributed by atoms with van der Waals surface area (Å²) < 4.78 is 4.96. The van der Waals surface area contributed by atoms with Gasteiger partial charge in [0.15, 0.2) is 0 Å². The smallest absolute Gasteiger partial charge is 0.333 e. The molecule has 0 saturated carbocycles. The number of hydrogen-bond donors (Lipinski definition) is 1. The summed E-state index contributed by atoms with van der Waals surface area (Å²) in [5.41, 5.74) is 4.99. The summed E-state index contributed by atoms with van der Waals surface area (Å²) in [6, 6.07) is 0. The van der Waals surface area contributed by atoms with Gasteiger partial charge in [-0.3, -0.25) is 4.79 Å². The maximum Gasteiger partial charge on any atom is 0.333 e. The molecule has 5 nitrogen and oxygen atoms in total. The van der Waals surface area contributed by atoms with Crippen LogP contribution < -0.4 is 5.73 Å². The van der Waals surface area contributed by atoms with E-state index in [1.54, 1.807) is 6.92 Å². The Morgan fingerprint density at radius 1 is 1.32 bits per heavy atom. The van der Waals surface area contributed by atoms with Crippen molar-refractivity contribution in [2.24, 2.45) is 5.73 Å². The van der Waals surface area contributed by atoms with E-state index < -0.39 is 5.91 Å². The van der Waals surface area contributed by atoms with Crippen molar-refractivity contribution in [1.82, 2.24) is 4.90 Å². The Bertz CT molecular complexity index is 290. The third kappa shape index (κ3) is 16.7. The van der Waals surface area contributed by atoms with E-state index in [0.29, 0.717) is 12.2 Å². The van der Waals surface area contributed by atoms with Crippen LogP contribution in [0.25, 0.3) is 0 Å². The predicted molar refractivity (Wildman–Crippen MR) is 80.2 cm³/mol. The lowest BCUT2D eigenvalue weighted by Crippen LogP contribution is -2.27. The van der Waals surface area contributed by atoms with Gasteiger partial charge >= 0.3 is 5.97 Å². The number of rotatable bonds is 7. The van der Waals surface area contributed by atoms with Gasteiger partial charge in [0.05, 0.1) is 0 Å². The largest absolute Gasteiger partial charge is 0.461 e. The highest BCUT2D eigenvalue weighted by Crippen LogP contribution is 1.93. The number of primary amides is 1. The van der Waals surface area contributed by atoms with Crippen LogP contribution in [0, 0.1) is 0 Å². The van der Waals surface area contributed by atoms with Gasteiger partial charge in [-0.2, -0.15) is 0 Å². The fraction of sp³-hybridized carbons (Fsp3) is 0.538. The summed E-state index contributed by atoms with van der Waals surface area (Å²) in [6.07, 6.45) is 1.06. The molecule has 0 aliphatic carbocycles. The number of amides is 1. The zero-order valence-electron chi connectivity index (χ0n) is 12.0. The van der Waals surface area contributed by atoms with Gasteiger partial charge in [-0.05, 0) is 26.1 Å². The van der Waals surface area contributed by atoms with Gasteiger partial charge in [-0.25, -0.2) is 4.79 Å². The highest BCUT2D eigenvalue weighted by Gasteiger charge is 2.04. The van der Waals surface area contributed by atoms with Crippen molar-refractivity contribution in [3.05, 3.63) is 24.8 Å². The Morgan fingerprint density at radius 2 is 1.74 bits per heavy atom. The molecule has 0 unspecified atom stereocenters. The number of nitrogens with zero attached hydrogens (tertiary/aromatic N) is 1. The molecule has 0 rings (SSSR count). The zero-order chi connectivity index (χ0) is 14.6. The van der Waals surface area contributed by atoms with Crippen LogP contribution in [0.1, 0.15) is 20.8 Å². The Kier molecular flexibility index (Phi) is 17.7. The first-order valence-electron chi connectivity index (χ1n) is 5.85. The average Bonchev–Trinajstić information content (AvgIpc) is 2.34. The summed E-state index contributed by atoms with van der Waals surface area (Å²) in [6.45, 7) is 15.6. The number of esters is 1. The molecule has 0 radical (unpaired) electrons. The first kappa shape index (κ1) is 22.8. The third-order valence-electron chi connectivity index (χ3n) is 2.08. The molecule has 0 aliphatic heterocycles. The summed E-state index contributed by atoms with van der Waals surface area (Å²) in [5, 5.41) is 0. The van der Waals surface area contributed by atoms with Crippen molar-refractivity contribution in [3.63, 3.8) is 0 Å². The number of carbonyl (C=O) groups is 2. The molecule has 0 atom stereocenters. The van der Waals surface area contributed by atoms with Gasteiger partial charge in [0.25, 0.3) is 0 Å². The van der Waals surface area contributed by atoms with Crippen LogP contribution in [0.5, 0.6) is 0 Å². The molecular formula is C13H25ClN2O3. The minimum absolute atomic E-state index is 0. The molecule has 0 aliphatic rings. The molecule has 0 aromatic heterocycles. The second-order valence-electron chi connectivity index (χ2n) is 3.55. The first-order chi connectivity index (χ1) is 8.38. The van der Waals surface area contributed by atoms with Crippen LogP contribution >= 0.6 is 12.4 Å². The molecule has 0 saturated heterocycles. The van der Waals surface area contributed by atoms with Gasteiger partial charge in [0, 0.05) is 12.1 Å². The van der Waals surface area contributed by atoms with Crippen LogP contribution in [-0.2, 0) is 14.3 Å². The van der Waals surface area contributed by atoms with Crippen molar-refractivity contribution < 1.29 is 14.3 Å². The lowest BCUT2D eigenvalue weighted by atomic mass is 10.4. The van der Waals surface area contributed by atoms with Crippen molar-refractivity contribution >= 4 is 24.3 Å². The molecule has 1 amide bonds. The molecule has 2 N–H and O–H groups in total. The summed E-state index contributed by atoms with van der Waals surface area (Å²) in [5.74, 6) is -0.780. The highest BCUT2D eigenvalue weighted by atomic mass is 35.5. The lowest BCUT2D eigenvalue weighted by Gasteiger charge is -2.17. The fourth-order valence-corrected chi connectivity index (χ4v) is 0.930. The van der Waals surface area contributed by atoms with Crippen LogP contribution in [0.4, 0.5) is 0 Å². The summed E-state index contributed by atoms with van der Waals surface area (Å²) >= 11 is 0. The third-order valence-corrected chi connectivity index (χ3v) is 2.08.